The lowest BCUT2D eigenvalue weighted by Gasteiger charge is -2.28. The minimum atomic E-state index is -0.441. The summed E-state index contributed by atoms with van der Waals surface area (Å²) in [5, 5.41) is 20.2. The van der Waals surface area contributed by atoms with Crippen LogP contribution in [0.4, 0.5) is 0 Å². The van der Waals surface area contributed by atoms with E-state index in [1.807, 2.05) is 24.3 Å². The molecule has 0 bridgehead atoms. The Balaban J connectivity index is 4.26. The molecule has 0 heterocycles. The number of hydrogen-bond donors (Lipinski definition) is 2. The molecule has 0 rings (SSSR count). The van der Waals surface area contributed by atoms with Gasteiger partial charge in [0.1, 0.15) is 0 Å². The van der Waals surface area contributed by atoms with Gasteiger partial charge in [0.2, 0.25) is 0 Å². The first-order chi connectivity index (χ1) is 9.85. The molecule has 0 aliphatic rings. The molecule has 21 heavy (non-hydrogen) atoms. The largest absolute Gasteiger partial charge is 0.389 e. The van der Waals surface area contributed by atoms with Gasteiger partial charge in [0.05, 0.1) is 12.2 Å². The van der Waals surface area contributed by atoms with E-state index in [1.54, 1.807) is 0 Å². The zero-order valence-electron chi connectivity index (χ0n) is 14.7. The summed E-state index contributed by atoms with van der Waals surface area (Å²) in [6, 6.07) is 0. The van der Waals surface area contributed by atoms with Crippen molar-refractivity contribution >= 4 is 0 Å². The molecule has 0 aromatic heterocycles. The highest BCUT2D eigenvalue weighted by Crippen LogP contribution is 2.28. The number of rotatable bonds is 11. The quantitative estimate of drug-likeness (QED) is 0.534. The molecule has 0 fully saturated rings. The summed E-state index contributed by atoms with van der Waals surface area (Å²) in [6.07, 6.45) is 13.2. The lowest BCUT2D eigenvalue weighted by Crippen LogP contribution is -2.27. The van der Waals surface area contributed by atoms with Crippen LogP contribution in [0.25, 0.3) is 0 Å². The fraction of sp³-hybridized carbons (Fsp3) is 0.789. The third-order valence-electron chi connectivity index (χ3n) is 4.28. The summed E-state index contributed by atoms with van der Waals surface area (Å²) in [5.41, 5.74) is -0.0899. The Labute approximate surface area is 132 Å². The molecule has 0 saturated carbocycles. The van der Waals surface area contributed by atoms with E-state index < -0.39 is 12.2 Å². The van der Waals surface area contributed by atoms with E-state index in [1.165, 1.54) is 6.42 Å². The monoisotopic (exact) mass is 296 g/mol. The van der Waals surface area contributed by atoms with Crippen molar-refractivity contribution < 1.29 is 10.2 Å². The number of allylic oxidation sites excluding steroid dienone is 2. The summed E-state index contributed by atoms with van der Waals surface area (Å²) in [4.78, 5) is 0. The molecule has 0 spiro atoms. The Hall–Kier alpha value is -0.600. The second-order valence-corrected chi connectivity index (χ2v) is 6.92. The fourth-order valence-electron chi connectivity index (χ4n) is 2.27. The number of unbranched alkanes of at least 4 members (excludes halogenated alkanes) is 2. The second kappa shape index (κ2) is 11.0. The van der Waals surface area contributed by atoms with Crippen LogP contribution in [0.1, 0.15) is 73.1 Å². The molecule has 0 aromatic carbocycles. The van der Waals surface area contributed by atoms with Gasteiger partial charge in [-0.15, -0.1) is 0 Å². The Morgan fingerprint density at radius 3 is 2.10 bits per heavy atom. The molecule has 0 aliphatic carbocycles. The van der Waals surface area contributed by atoms with Crippen molar-refractivity contribution in [1.82, 2.24) is 0 Å². The lowest BCUT2D eigenvalue weighted by molar-refractivity contribution is 0.0816. The van der Waals surface area contributed by atoms with Crippen molar-refractivity contribution in [2.75, 3.05) is 0 Å². The normalized spacial score (nSPS) is 17.5. The molecule has 0 saturated heterocycles. The Bertz CT molecular complexity index is 305. The molecule has 3 unspecified atom stereocenters. The van der Waals surface area contributed by atoms with Gasteiger partial charge in [0.15, 0.2) is 0 Å². The number of aliphatic hydroxyl groups is 2. The molecule has 0 aliphatic heterocycles. The van der Waals surface area contributed by atoms with Crippen molar-refractivity contribution in [3.63, 3.8) is 0 Å². The topological polar surface area (TPSA) is 40.5 Å². The van der Waals surface area contributed by atoms with Gasteiger partial charge >= 0.3 is 0 Å². The van der Waals surface area contributed by atoms with Crippen LogP contribution in [-0.2, 0) is 0 Å². The molecule has 0 amide bonds. The predicted molar refractivity (Wildman–Crippen MR) is 92.3 cm³/mol. The minimum Gasteiger partial charge on any atom is -0.389 e. The maximum atomic E-state index is 10.2. The second-order valence-electron chi connectivity index (χ2n) is 6.92. The van der Waals surface area contributed by atoms with Crippen molar-refractivity contribution in [2.24, 2.45) is 11.3 Å². The van der Waals surface area contributed by atoms with Gasteiger partial charge in [-0.1, -0.05) is 84.6 Å². The van der Waals surface area contributed by atoms with Crippen molar-refractivity contribution in [1.29, 1.82) is 0 Å². The summed E-state index contributed by atoms with van der Waals surface area (Å²) in [5.74, 6) is 0.292. The highest BCUT2D eigenvalue weighted by Gasteiger charge is 2.24. The first-order valence-electron chi connectivity index (χ1n) is 8.56. The first kappa shape index (κ1) is 20.4. The summed E-state index contributed by atoms with van der Waals surface area (Å²) < 4.78 is 0. The molecule has 3 atom stereocenters. The Morgan fingerprint density at radius 2 is 1.52 bits per heavy atom. The van der Waals surface area contributed by atoms with Gasteiger partial charge in [-0.25, -0.2) is 0 Å². The highest BCUT2D eigenvalue weighted by molar-refractivity contribution is 5.09. The van der Waals surface area contributed by atoms with Crippen LogP contribution < -0.4 is 0 Å². The van der Waals surface area contributed by atoms with Crippen LogP contribution in [0.2, 0.25) is 0 Å². The SMILES string of the molecule is CCCCC(C)C(O)/C=C\C=CC(O)C(C)(C)CCCC. The lowest BCUT2D eigenvalue weighted by atomic mass is 9.81. The zero-order chi connectivity index (χ0) is 16.3. The maximum Gasteiger partial charge on any atom is 0.0774 e. The van der Waals surface area contributed by atoms with Gasteiger partial charge in [-0.3, -0.25) is 0 Å². The van der Waals surface area contributed by atoms with Gasteiger partial charge < -0.3 is 10.2 Å². The average molecular weight is 296 g/mol. The molecular weight excluding hydrogens is 260 g/mol. The molecule has 2 N–H and O–H groups in total. The smallest absolute Gasteiger partial charge is 0.0774 e. The molecule has 0 radical (unpaired) electrons. The van der Waals surface area contributed by atoms with E-state index in [-0.39, 0.29) is 5.41 Å². The summed E-state index contributed by atoms with van der Waals surface area (Å²) in [7, 11) is 0. The van der Waals surface area contributed by atoms with Crippen molar-refractivity contribution in [2.45, 2.75) is 85.4 Å². The van der Waals surface area contributed by atoms with E-state index in [4.69, 9.17) is 0 Å². The van der Waals surface area contributed by atoms with Crippen LogP contribution in [-0.4, -0.2) is 22.4 Å². The highest BCUT2D eigenvalue weighted by atomic mass is 16.3. The van der Waals surface area contributed by atoms with Crippen LogP contribution in [0, 0.1) is 11.3 Å². The minimum absolute atomic E-state index is 0.0899. The van der Waals surface area contributed by atoms with E-state index >= 15 is 0 Å². The standard InChI is InChI=1S/C19H36O2/c1-6-8-12-16(3)17(20)13-10-11-14-18(21)19(4,5)15-9-7-2/h10-11,13-14,16-18,20-21H,6-9,12,15H2,1-5H3/b13-10-,14-11?. The van der Waals surface area contributed by atoms with Crippen molar-refractivity contribution in [3.8, 4) is 0 Å². The van der Waals surface area contributed by atoms with Crippen LogP contribution in [0.15, 0.2) is 24.3 Å². The zero-order valence-corrected chi connectivity index (χ0v) is 14.7. The van der Waals surface area contributed by atoms with E-state index in [0.29, 0.717) is 5.92 Å². The fourth-order valence-corrected chi connectivity index (χ4v) is 2.27. The van der Waals surface area contributed by atoms with Crippen molar-refractivity contribution in [3.05, 3.63) is 24.3 Å². The third-order valence-corrected chi connectivity index (χ3v) is 4.28. The van der Waals surface area contributed by atoms with Gasteiger partial charge in [0.25, 0.3) is 0 Å². The Kier molecular flexibility index (Phi) is 10.7. The number of hydrogen-bond acceptors (Lipinski definition) is 2. The maximum absolute atomic E-state index is 10.2. The molecule has 2 nitrogen and oxygen atoms in total. The molecule has 124 valence electrons. The molecule has 0 aromatic rings. The van der Waals surface area contributed by atoms with Gasteiger partial charge in [0, 0.05) is 0 Å². The van der Waals surface area contributed by atoms with Gasteiger partial charge in [-0.05, 0) is 24.2 Å². The predicted octanol–water partition coefficient (Wildman–Crippen LogP) is 4.86. The van der Waals surface area contributed by atoms with Crippen LogP contribution >= 0.6 is 0 Å². The van der Waals surface area contributed by atoms with Crippen LogP contribution in [0.3, 0.4) is 0 Å². The van der Waals surface area contributed by atoms with Crippen LogP contribution in [0.5, 0.6) is 0 Å². The van der Waals surface area contributed by atoms with Gasteiger partial charge in [-0.2, -0.15) is 0 Å². The van der Waals surface area contributed by atoms with E-state index in [9.17, 15) is 10.2 Å². The van der Waals surface area contributed by atoms with E-state index in [2.05, 4.69) is 34.6 Å². The average Bonchev–Trinajstić information content (AvgIpc) is 2.46. The number of aliphatic hydroxyl groups excluding tert-OH is 2. The van der Waals surface area contributed by atoms with E-state index in [0.717, 1.165) is 32.1 Å². The summed E-state index contributed by atoms with van der Waals surface area (Å²) >= 11 is 0. The molecule has 2 heteroatoms. The summed E-state index contributed by atoms with van der Waals surface area (Å²) in [6.45, 7) is 10.6. The Morgan fingerprint density at radius 1 is 0.952 bits per heavy atom. The first-order valence-corrected chi connectivity index (χ1v) is 8.56. The third kappa shape index (κ3) is 9.10. The molecular formula is C19H36O2.